The summed E-state index contributed by atoms with van der Waals surface area (Å²) in [6.07, 6.45) is 14.4. The van der Waals surface area contributed by atoms with Crippen molar-refractivity contribution in [3.63, 3.8) is 0 Å². The number of aryl methyl sites for hydroxylation is 1. The van der Waals surface area contributed by atoms with Gasteiger partial charge < -0.3 is 5.32 Å². The number of rotatable bonds is 4. The lowest BCUT2D eigenvalue weighted by atomic mass is 9.98. The van der Waals surface area contributed by atoms with Gasteiger partial charge in [0.05, 0.1) is 5.75 Å². The Hall–Kier alpha value is -0.960. The highest BCUT2D eigenvalue weighted by Gasteiger charge is 2.13. The van der Waals surface area contributed by atoms with Gasteiger partial charge in [-0.2, -0.15) is 0 Å². The highest BCUT2D eigenvalue weighted by molar-refractivity contribution is 8.00. The average molecular weight is 348 g/mol. The molecular formula is C21H33NOS. The number of nitrogens with one attached hydrogen (secondary N) is 1. The third-order valence-corrected chi connectivity index (χ3v) is 5.87. The monoisotopic (exact) mass is 347 g/mol. The van der Waals surface area contributed by atoms with E-state index in [9.17, 15) is 4.79 Å². The summed E-state index contributed by atoms with van der Waals surface area (Å²) in [7, 11) is 0. The van der Waals surface area contributed by atoms with Gasteiger partial charge in [-0.25, -0.2) is 0 Å². The van der Waals surface area contributed by atoms with E-state index < -0.39 is 0 Å². The van der Waals surface area contributed by atoms with Crippen molar-refractivity contribution in [2.75, 3.05) is 5.75 Å². The van der Waals surface area contributed by atoms with Gasteiger partial charge in [0.15, 0.2) is 0 Å². The van der Waals surface area contributed by atoms with Crippen LogP contribution in [0.2, 0.25) is 0 Å². The van der Waals surface area contributed by atoms with Gasteiger partial charge in [0, 0.05) is 10.9 Å². The van der Waals surface area contributed by atoms with E-state index in [1.54, 1.807) is 11.8 Å². The van der Waals surface area contributed by atoms with Crippen molar-refractivity contribution in [3.8, 4) is 0 Å². The van der Waals surface area contributed by atoms with E-state index in [1.807, 2.05) is 0 Å². The van der Waals surface area contributed by atoms with Crippen LogP contribution in [-0.2, 0) is 4.79 Å². The zero-order valence-corrected chi connectivity index (χ0v) is 16.0. The normalized spacial score (nSPS) is 18.4. The van der Waals surface area contributed by atoms with E-state index in [0.717, 1.165) is 12.8 Å². The largest absolute Gasteiger partial charge is 0.353 e. The topological polar surface area (TPSA) is 29.1 Å². The summed E-state index contributed by atoms with van der Waals surface area (Å²) < 4.78 is 0. The maximum atomic E-state index is 12.3. The lowest BCUT2D eigenvalue weighted by Gasteiger charge is -2.19. The van der Waals surface area contributed by atoms with Crippen molar-refractivity contribution in [2.45, 2.75) is 88.5 Å². The van der Waals surface area contributed by atoms with Crippen LogP contribution < -0.4 is 5.32 Å². The molecule has 1 aromatic rings. The highest BCUT2D eigenvalue weighted by Crippen LogP contribution is 2.19. The number of carbonyl (C=O) groups excluding carboxylic acids is 1. The molecule has 0 aliphatic heterocycles. The fourth-order valence-corrected chi connectivity index (χ4v) is 4.07. The summed E-state index contributed by atoms with van der Waals surface area (Å²) in [6, 6.07) is 8.79. The second-order valence-electron chi connectivity index (χ2n) is 7.13. The minimum atomic E-state index is 0.192. The fourth-order valence-electron chi connectivity index (χ4n) is 3.36. The van der Waals surface area contributed by atoms with Crippen molar-refractivity contribution in [2.24, 2.45) is 0 Å². The van der Waals surface area contributed by atoms with Crippen LogP contribution in [-0.4, -0.2) is 17.7 Å². The molecule has 1 saturated carbocycles. The SMILES string of the molecule is Cc1ccc(SCC(=O)NC2CCCCCCCCCCC2)cc1. The van der Waals surface area contributed by atoms with Gasteiger partial charge in [-0.1, -0.05) is 75.5 Å². The zero-order valence-electron chi connectivity index (χ0n) is 15.2. The van der Waals surface area contributed by atoms with Crippen molar-refractivity contribution >= 4 is 17.7 Å². The lowest BCUT2D eigenvalue weighted by molar-refractivity contribution is -0.119. The van der Waals surface area contributed by atoms with Gasteiger partial charge in [0.2, 0.25) is 5.91 Å². The molecule has 0 unspecified atom stereocenters. The van der Waals surface area contributed by atoms with Crippen LogP contribution in [0.3, 0.4) is 0 Å². The molecule has 1 aliphatic carbocycles. The van der Waals surface area contributed by atoms with Crippen LogP contribution in [0.4, 0.5) is 0 Å². The molecule has 24 heavy (non-hydrogen) atoms. The van der Waals surface area contributed by atoms with Gasteiger partial charge >= 0.3 is 0 Å². The summed E-state index contributed by atoms with van der Waals surface area (Å²) in [5, 5.41) is 3.29. The first kappa shape index (κ1) is 19.4. The zero-order chi connectivity index (χ0) is 17.0. The quantitative estimate of drug-likeness (QED) is 0.689. The molecule has 0 radical (unpaired) electrons. The number of carbonyl (C=O) groups is 1. The van der Waals surface area contributed by atoms with Crippen LogP contribution in [0.25, 0.3) is 0 Å². The molecule has 0 spiro atoms. The summed E-state index contributed by atoms with van der Waals surface area (Å²) in [5.41, 5.74) is 1.26. The minimum Gasteiger partial charge on any atom is -0.353 e. The molecule has 1 aliphatic rings. The molecule has 0 aromatic heterocycles. The predicted molar refractivity (Wildman–Crippen MR) is 105 cm³/mol. The van der Waals surface area contributed by atoms with Gasteiger partial charge in [0.1, 0.15) is 0 Å². The number of hydrogen-bond donors (Lipinski definition) is 1. The first-order valence-corrected chi connectivity index (χ1v) is 10.7. The van der Waals surface area contributed by atoms with Crippen LogP contribution in [0.1, 0.15) is 76.2 Å². The Morgan fingerprint density at radius 2 is 1.42 bits per heavy atom. The first-order chi connectivity index (χ1) is 11.7. The lowest BCUT2D eigenvalue weighted by Crippen LogP contribution is -2.36. The summed E-state index contributed by atoms with van der Waals surface area (Å²) in [6.45, 7) is 2.09. The molecule has 0 bridgehead atoms. The van der Waals surface area contributed by atoms with Gasteiger partial charge in [-0.05, 0) is 31.9 Å². The van der Waals surface area contributed by atoms with Crippen LogP contribution in [0.15, 0.2) is 29.2 Å². The van der Waals surface area contributed by atoms with Crippen LogP contribution in [0.5, 0.6) is 0 Å². The summed E-state index contributed by atoms with van der Waals surface area (Å²) in [5.74, 6) is 0.720. The Bertz CT molecular complexity index is 459. The van der Waals surface area contributed by atoms with E-state index >= 15 is 0 Å². The van der Waals surface area contributed by atoms with E-state index in [4.69, 9.17) is 0 Å². The molecule has 2 nitrogen and oxygen atoms in total. The number of thioether (sulfide) groups is 1. The predicted octanol–water partition coefficient (Wildman–Crippen LogP) is 5.88. The van der Waals surface area contributed by atoms with Gasteiger partial charge in [-0.15, -0.1) is 11.8 Å². The second kappa shape index (κ2) is 11.6. The summed E-state index contributed by atoms with van der Waals surface area (Å²) >= 11 is 1.64. The number of amides is 1. The molecule has 0 saturated heterocycles. The smallest absolute Gasteiger partial charge is 0.230 e. The van der Waals surface area contributed by atoms with Crippen LogP contribution >= 0.6 is 11.8 Å². The molecule has 3 heteroatoms. The average Bonchev–Trinajstić information content (AvgIpc) is 2.57. The molecule has 1 amide bonds. The maximum Gasteiger partial charge on any atom is 0.230 e. The third kappa shape index (κ3) is 8.23. The Balaban J connectivity index is 1.73. The Morgan fingerprint density at radius 3 is 1.96 bits per heavy atom. The molecule has 1 N–H and O–H groups in total. The van der Waals surface area contributed by atoms with E-state index in [2.05, 4.69) is 36.5 Å². The highest BCUT2D eigenvalue weighted by atomic mass is 32.2. The van der Waals surface area contributed by atoms with E-state index in [-0.39, 0.29) is 5.91 Å². The molecule has 0 atom stereocenters. The molecular weight excluding hydrogens is 314 g/mol. The Morgan fingerprint density at radius 1 is 0.917 bits per heavy atom. The molecule has 0 heterocycles. The van der Waals surface area contributed by atoms with Crippen molar-refractivity contribution < 1.29 is 4.79 Å². The minimum absolute atomic E-state index is 0.192. The maximum absolute atomic E-state index is 12.3. The Labute approximate surface area is 152 Å². The van der Waals surface area contributed by atoms with Crippen molar-refractivity contribution in [1.82, 2.24) is 5.32 Å². The second-order valence-corrected chi connectivity index (χ2v) is 8.17. The van der Waals surface area contributed by atoms with Crippen LogP contribution in [0, 0.1) is 6.92 Å². The number of hydrogen-bond acceptors (Lipinski definition) is 2. The molecule has 134 valence electrons. The van der Waals surface area contributed by atoms with E-state index in [0.29, 0.717) is 11.8 Å². The first-order valence-electron chi connectivity index (χ1n) is 9.73. The van der Waals surface area contributed by atoms with Crippen molar-refractivity contribution in [3.05, 3.63) is 29.8 Å². The summed E-state index contributed by atoms with van der Waals surface area (Å²) in [4.78, 5) is 13.5. The van der Waals surface area contributed by atoms with Crippen molar-refractivity contribution in [1.29, 1.82) is 0 Å². The van der Waals surface area contributed by atoms with Gasteiger partial charge in [-0.3, -0.25) is 4.79 Å². The molecule has 1 fully saturated rings. The molecule has 1 aromatic carbocycles. The van der Waals surface area contributed by atoms with Gasteiger partial charge in [0.25, 0.3) is 0 Å². The van der Waals surface area contributed by atoms with E-state index in [1.165, 1.54) is 68.2 Å². The Kier molecular flexibility index (Phi) is 9.34. The number of benzene rings is 1. The molecule has 2 rings (SSSR count). The fraction of sp³-hybridized carbons (Fsp3) is 0.667. The standard InChI is InChI=1S/C21H33NOS/c1-18-13-15-20(16-14-18)24-17-21(23)22-19-11-9-7-5-3-2-4-6-8-10-12-19/h13-16,19H,2-12,17H2,1H3,(H,22,23). The third-order valence-electron chi connectivity index (χ3n) is 4.86.